The van der Waals surface area contributed by atoms with Crippen LogP contribution in [0.1, 0.15) is 77.0 Å². The van der Waals surface area contributed by atoms with Crippen molar-refractivity contribution in [3.05, 3.63) is 0 Å². The molecule has 0 bridgehead atoms. The number of carbonyl (C=O) groups is 2. The fraction of sp³-hybridized carbons (Fsp3) is 0.900. The second kappa shape index (κ2) is 11.1. The number of carbonyl (C=O) groups excluding carboxylic acids is 2. The summed E-state index contributed by atoms with van der Waals surface area (Å²) in [4.78, 5) is 24.6. The first-order valence-electron chi connectivity index (χ1n) is 10.5. The smallest absolute Gasteiger partial charge is 0.223 e. The Hall–Kier alpha value is -0.810. The molecular weight excluding hydrogens is 350 g/mol. The summed E-state index contributed by atoms with van der Waals surface area (Å²) < 4.78 is 0. The molecule has 6 heteroatoms. The summed E-state index contributed by atoms with van der Waals surface area (Å²) in [6, 6.07) is 0.732. The topological polar surface area (TPSA) is 70.2 Å². The average molecular weight is 386 g/mol. The van der Waals surface area contributed by atoms with E-state index in [-0.39, 0.29) is 36.2 Å². The molecule has 0 aromatic rings. The minimum Gasteiger partial charge on any atom is -0.354 e. The van der Waals surface area contributed by atoms with Crippen molar-refractivity contribution in [1.82, 2.24) is 16.0 Å². The lowest BCUT2D eigenvalue weighted by Gasteiger charge is -2.29. The number of halogens is 1. The van der Waals surface area contributed by atoms with E-state index in [4.69, 9.17) is 0 Å². The maximum absolute atomic E-state index is 12.3. The maximum atomic E-state index is 12.3. The minimum absolute atomic E-state index is 0. The first-order chi connectivity index (χ1) is 12.2. The van der Waals surface area contributed by atoms with Crippen molar-refractivity contribution < 1.29 is 9.59 Å². The molecule has 0 radical (unpaired) electrons. The Morgan fingerprint density at radius 2 is 1.62 bits per heavy atom. The van der Waals surface area contributed by atoms with Crippen LogP contribution >= 0.6 is 12.4 Å². The highest BCUT2D eigenvalue weighted by Gasteiger charge is 2.28. The van der Waals surface area contributed by atoms with Crippen molar-refractivity contribution in [3.8, 4) is 0 Å². The van der Waals surface area contributed by atoms with E-state index in [0.717, 1.165) is 38.8 Å². The van der Waals surface area contributed by atoms with Gasteiger partial charge in [-0.2, -0.15) is 0 Å². The number of hydrogen-bond acceptors (Lipinski definition) is 3. The molecule has 0 spiro atoms. The SMILES string of the molecule is Cl.O=C(CC1CCCCC1)NC1CCC(C(=O)NCC2CCCN2)CC1. The van der Waals surface area contributed by atoms with Crippen LogP contribution in [0.15, 0.2) is 0 Å². The zero-order valence-corrected chi connectivity index (χ0v) is 16.8. The molecule has 1 unspecified atom stereocenters. The summed E-state index contributed by atoms with van der Waals surface area (Å²) in [6.45, 7) is 1.84. The van der Waals surface area contributed by atoms with Crippen LogP contribution in [-0.4, -0.2) is 37.0 Å². The number of hydrogen-bond donors (Lipinski definition) is 3. The van der Waals surface area contributed by atoms with Crippen molar-refractivity contribution in [1.29, 1.82) is 0 Å². The van der Waals surface area contributed by atoms with Crippen LogP contribution < -0.4 is 16.0 Å². The average Bonchev–Trinajstić information content (AvgIpc) is 3.14. The van der Waals surface area contributed by atoms with Crippen molar-refractivity contribution in [2.45, 2.75) is 89.1 Å². The van der Waals surface area contributed by atoms with Crippen molar-refractivity contribution in [2.24, 2.45) is 11.8 Å². The Morgan fingerprint density at radius 3 is 2.27 bits per heavy atom. The molecule has 26 heavy (non-hydrogen) atoms. The van der Waals surface area contributed by atoms with Gasteiger partial charge >= 0.3 is 0 Å². The van der Waals surface area contributed by atoms with Gasteiger partial charge in [0.2, 0.25) is 11.8 Å². The van der Waals surface area contributed by atoms with Gasteiger partial charge in [0.25, 0.3) is 0 Å². The molecule has 150 valence electrons. The Kier molecular flexibility index (Phi) is 9.20. The van der Waals surface area contributed by atoms with Crippen LogP contribution in [0, 0.1) is 11.8 Å². The summed E-state index contributed by atoms with van der Waals surface area (Å²) in [5.41, 5.74) is 0. The Labute approximate surface area is 164 Å². The molecule has 2 aliphatic carbocycles. The molecular formula is C20H36ClN3O2. The van der Waals surface area contributed by atoms with Crippen LogP contribution in [0.4, 0.5) is 0 Å². The van der Waals surface area contributed by atoms with Crippen molar-refractivity contribution in [2.75, 3.05) is 13.1 Å². The van der Waals surface area contributed by atoms with Gasteiger partial charge in [0.1, 0.15) is 0 Å². The Bertz CT molecular complexity index is 440. The van der Waals surface area contributed by atoms with Gasteiger partial charge in [0, 0.05) is 31.0 Å². The van der Waals surface area contributed by atoms with Crippen molar-refractivity contribution >= 4 is 24.2 Å². The van der Waals surface area contributed by atoms with Crippen LogP contribution in [0.2, 0.25) is 0 Å². The molecule has 2 saturated carbocycles. The third-order valence-corrected chi connectivity index (χ3v) is 6.35. The molecule has 0 aromatic carbocycles. The van der Waals surface area contributed by atoms with Crippen LogP contribution in [0.5, 0.6) is 0 Å². The minimum atomic E-state index is 0. The van der Waals surface area contributed by atoms with Gasteiger partial charge in [-0.05, 0) is 63.8 Å². The number of nitrogens with one attached hydrogen (secondary N) is 3. The Balaban J connectivity index is 0.00000243. The summed E-state index contributed by atoms with van der Waals surface area (Å²) in [5.74, 6) is 1.17. The molecule has 2 amide bonds. The number of amides is 2. The van der Waals surface area contributed by atoms with E-state index in [1.54, 1.807) is 0 Å². The maximum Gasteiger partial charge on any atom is 0.223 e. The second-order valence-corrected chi connectivity index (χ2v) is 8.36. The molecule has 5 nitrogen and oxygen atoms in total. The highest BCUT2D eigenvalue weighted by molar-refractivity contribution is 5.85. The zero-order valence-electron chi connectivity index (χ0n) is 15.9. The largest absolute Gasteiger partial charge is 0.354 e. The van der Waals surface area contributed by atoms with Gasteiger partial charge in [-0.3, -0.25) is 9.59 Å². The normalized spacial score (nSPS) is 29.6. The van der Waals surface area contributed by atoms with Gasteiger partial charge in [-0.1, -0.05) is 19.3 Å². The quantitative estimate of drug-likeness (QED) is 0.658. The summed E-state index contributed by atoms with van der Waals surface area (Å²) >= 11 is 0. The van der Waals surface area contributed by atoms with Crippen molar-refractivity contribution in [3.63, 3.8) is 0 Å². The van der Waals surface area contributed by atoms with E-state index >= 15 is 0 Å². The van der Waals surface area contributed by atoms with Crippen LogP contribution in [0.25, 0.3) is 0 Å². The van der Waals surface area contributed by atoms with E-state index in [1.807, 2.05) is 0 Å². The molecule has 0 aromatic heterocycles. The molecule has 1 heterocycles. The summed E-state index contributed by atoms with van der Waals surface area (Å²) in [6.07, 6.45) is 13.1. The third-order valence-electron chi connectivity index (χ3n) is 6.35. The third kappa shape index (κ3) is 6.73. The predicted octanol–water partition coefficient (Wildman–Crippen LogP) is 2.92. The lowest BCUT2D eigenvalue weighted by Crippen LogP contribution is -2.43. The van der Waals surface area contributed by atoms with Gasteiger partial charge in [0.15, 0.2) is 0 Å². The van der Waals surface area contributed by atoms with Gasteiger partial charge < -0.3 is 16.0 Å². The highest BCUT2D eigenvalue weighted by atomic mass is 35.5. The fourth-order valence-electron chi connectivity index (χ4n) is 4.74. The fourth-order valence-corrected chi connectivity index (χ4v) is 4.74. The monoisotopic (exact) mass is 385 g/mol. The van der Waals surface area contributed by atoms with Gasteiger partial charge in [-0.15, -0.1) is 12.4 Å². The molecule has 3 N–H and O–H groups in total. The molecule has 1 atom stereocenters. The zero-order chi connectivity index (χ0) is 17.5. The van der Waals surface area contributed by atoms with E-state index in [9.17, 15) is 9.59 Å². The van der Waals surface area contributed by atoms with E-state index in [2.05, 4.69) is 16.0 Å². The molecule has 1 aliphatic heterocycles. The van der Waals surface area contributed by atoms with E-state index < -0.39 is 0 Å². The van der Waals surface area contributed by atoms with Crippen LogP contribution in [0.3, 0.4) is 0 Å². The van der Waals surface area contributed by atoms with E-state index in [0.29, 0.717) is 18.4 Å². The number of rotatable bonds is 6. The molecule has 3 aliphatic rings. The van der Waals surface area contributed by atoms with Crippen LogP contribution in [-0.2, 0) is 9.59 Å². The molecule has 3 fully saturated rings. The van der Waals surface area contributed by atoms with Gasteiger partial charge in [0.05, 0.1) is 0 Å². The summed E-state index contributed by atoms with van der Waals surface area (Å²) in [5, 5.41) is 9.75. The van der Waals surface area contributed by atoms with Gasteiger partial charge in [-0.25, -0.2) is 0 Å². The molecule has 3 rings (SSSR count). The second-order valence-electron chi connectivity index (χ2n) is 8.36. The lowest BCUT2D eigenvalue weighted by molar-refractivity contribution is -0.126. The molecule has 1 saturated heterocycles. The lowest BCUT2D eigenvalue weighted by atomic mass is 9.84. The Morgan fingerprint density at radius 1 is 0.885 bits per heavy atom. The first-order valence-corrected chi connectivity index (χ1v) is 10.5. The van der Waals surface area contributed by atoms with E-state index in [1.165, 1.54) is 44.9 Å². The predicted molar refractivity (Wildman–Crippen MR) is 106 cm³/mol. The summed E-state index contributed by atoms with van der Waals surface area (Å²) in [7, 11) is 0. The standard InChI is InChI=1S/C20H35N3O2.ClH/c24-19(13-15-5-2-1-3-6-15)23-17-10-8-16(9-11-17)20(25)22-14-18-7-4-12-21-18;/h15-18,21H,1-14H2,(H,22,25)(H,23,24);1H. The first kappa shape index (κ1) is 21.5. The highest BCUT2D eigenvalue weighted by Crippen LogP contribution is 2.27.